The topological polar surface area (TPSA) is 48.4 Å². The van der Waals surface area contributed by atoms with E-state index >= 15 is 0 Å². The largest absolute Gasteiger partial charge is 0.494 e. The first-order valence-electron chi connectivity index (χ1n) is 5.65. The summed E-state index contributed by atoms with van der Waals surface area (Å²) < 4.78 is 24.1. The van der Waals surface area contributed by atoms with Crippen LogP contribution in [0.2, 0.25) is 0 Å². The molecule has 1 aromatic heterocycles. The Labute approximate surface area is 123 Å². The number of aromatic nitrogens is 1. The van der Waals surface area contributed by atoms with Crippen molar-refractivity contribution < 1.29 is 18.7 Å². The number of benzene rings is 1. The predicted octanol–water partition coefficient (Wildman–Crippen LogP) is 3.45. The van der Waals surface area contributed by atoms with Crippen LogP contribution in [0.4, 0.5) is 4.39 Å². The average molecular weight is 340 g/mol. The van der Waals surface area contributed by atoms with Crippen molar-refractivity contribution in [3.8, 4) is 17.0 Å². The third-order valence-electron chi connectivity index (χ3n) is 2.70. The highest BCUT2D eigenvalue weighted by molar-refractivity contribution is 9.10. The van der Waals surface area contributed by atoms with Crippen LogP contribution >= 0.6 is 15.9 Å². The zero-order valence-electron chi connectivity index (χ0n) is 10.8. The van der Waals surface area contributed by atoms with E-state index in [4.69, 9.17) is 4.74 Å². The van der Waals surface area contributed by atoms with Gasteiger partial charge in [0.2, 0.25) is 0 Å². The van der Waals surface area contributed by atoms with E-state index in [1.165, 1.54) is 26.4 Å². The molecule has 0 aliphatic heterocycles. The predicted molar refractivity (Wildman–Crippen MR) is 75.2 cm³/mol. The highest BCUT2D eigenvalue weighted by Gasteiger charge is 2.13. The number of esters is 1. The molecular weight excluding hydrogens is 329 g/mol. The van der Waals surface area contributed by atoms with Gasteiger partial charge >= 0.3 is 5.97 Å². The van der Waals surface area contributed by atoms with Crippen LogP contribution in [0.1, 0.15) is 10.4 Å². The van der Waals surface area contributed by atoms with E-state index in [2.05, 4.69) is 25.7 Å². The van der Waals surface area contributed by atoms with Gasteiger partial charge in [-0.25, -0.2) is 14.2 Å². The maximum atomic E-state index is 14.1. The highest BCUT2D eigenvalue weighted by Crippen LogP contribution is 2.28. The molecule has 1 heterocycles. The molecule has 0 amide bonds. The van der Waals surface area contributed by atoms with Crippen molar-refractivity contribution in [1.29, 1.82) is 0 Å². The lowest BCUT2D eigenvalue weighted by atomic mass is 10.1. The van der Waals surface area contributed by atoms with Crippen molar-refractivity contribution in [2.24, 2.45) is 0 Å². The minimum atomic E-state index is -0.584. The van der Waals surface area contributed by atoms with Crippen LogP contribution in [0.15, 0.2) is 34.9 Å². The number of hydrogen-bond acceptors (Lipinski definition) is 4. The number of halogens is 2. The molecule has 0 radical (unpaired) electrons. The van der Waals surface area contributed by atoms with E-state index in [0.717, 1.165) is 6.07 Å². The van der Waals surface area contributed by atoms with Crippen molar-refractivity contribution in [2.45, 2.75) is 0 Å². The maximum absolute atomic E-state index is 14.1. The van der Waals surface area contributed by atoms with Gasteiger partial charge in [0.25, 0.3) is 0 Å². The molecule has 0 N–H and O–H groups in total. The van der Waals surface area contributed by atoms with E-state index < -0.39 is 11.8 Å². The van der Waals surface area contributed by atoms with Gasteiger partial charge in [-0.1, -0.05) is 0 Å². The first-order valence-corrected chi connectivity index (χ1v) is 6.45. The van der Waals surface area contributed by atoms with Crippen LogP contribution in [0.3, 0.4) is 0 Å². The molecule has 0 saturated carbocycles. The lowest BCUT2D eigenvalue weighted by Crippen LogP contribution is -2.02. The normalized spacial score (nSPS) is 10.2. The Morgan fingerprint density at radius 2 is 2.00 bits per heavy atom. The molecule has 1 aromatic carbocycles. The monoisotopic (exact) mass is 339 g/mol. The van der Waals surface area contributed by atoms with E-state index in [1.807, 2.05) is 0 Å². The van der Waals surface area contributed by atoms with Crippen LogP contribution < -0.4 is 4.74 Å². The number of nitrogens with zero attached hydrogens (tertiary/aromatic N) is 1. The van der Waals surface area contributed by atoms with Gasteiger partial charge in [-0.2, -0.15) is 0 Å². The Kier molecular flexibility index (Phi) is 4.34. The second kappa shape index (κ2) is 6.00. The molecule has 0 fully saturated rings. The second-order valence-corrected chi connectivity index (χ2v) is 4.63. The molecule has 0 spiro atoms. The van der Waals surface area contributed by atoms with Gasteiger partial charge in [-0.3, -0.25) is 0 Å². The molecular formula is C14H11BrFNO3. The Hall–Kier alpha value is -1.95. The summed E-state index contributed by atoms with van der Waals surface area (Å²) in [6.45, 7) is 0. The van der Waals surface area contributed by atoms with Gasteiger partial charge in [0, 0.05) is 5.56 Å². The fraction of sp³-hybridized carbons (Fsp3) is 0.143. The molecule has 0 aliphatic carbocycles. The van der Waals surface area contributed by atoms with Gasteiger partial charge in [-0.05, 0) is 46.3 Å². The summed E-state index contributed by atoms with van der Waals surface area (Å²) in [6.07, 6.45) is 0. The molecule has 0 bridgehead atoms. The first kappa shape index (κ1) is 14.5. The SMILES string of the molecule is COC(=O)c1ccc(-c2ccc(OC)c(Br)n2)c(F)c1. The highest BCUT2D eigenvalue weighted by atomic mass is 79.9. The number of carbonyl (C=O) groups excluding carboxylic acids is 1. The van der Waals surface area contributed by atoms with Gasteiger partial charge < -0.3 is 9.47 Å². The maximum Gasteiger partial charge on any atom is 0.337 e. The van der Waals surface area contributed by atoms with Crippen LogP contribution in [-0.2, 0) is 4.74 Å². The zero-order chi connectivity index (χ0) is 14.7. The minimum absolute atomic E-state index is 0.154. The second-order valence-electron chi connectivity index (χ2n) is 3.88. The summed E-state index contributed by atoms with van der Waals surface area (Å²) in [5.41, 5.74) is 0.883. The van der Waals surface area contributed by atoms with Crippen molar-refractivity contribution >= 4 is 21.9 Å². The number of pyridine rings is 1. The van der Waals surface area contributed by atoms with Gasteiger partial charge in [0.1, 0.15) is 10.4 Å². The Morgan fingerprint density at radius 3 is 2.55 bits per heavy atom. The smallest absolute Gasteiger partial charge is 0.337 e. The molecule has 104 valence electrons. The first-order chi connectivity index (χ1) is 9.56. The van der Waals surface area contributed by atoms with Crippen molar-refractivity contribution in [3.63, 3.8) is 0 Å². The Balaban J connectivity index is 2.43. The Morgan fingerprint density at radius 1 is 1.25 bits per heavy atom. The summed E-state index contributed by atoms with van der Waals surface area (Å²) in [7, 11) is 2.77. The quantitative estimate of drug-likeness (QED) is 0.634. The zero-order valence-corrected chi connectivity index (χ0v) is 12.4. The molecule has 0 atom stereocenters. The molecule has 0 aliphatic rings. The van der Waals surface area contributed by atoms with Gasteiger partial charge in [0.05, 0.1) is 25.5 Å². The molecule has 0 saturated heterocycles. The van der Waals surface area contributed by atoms with Crippen LogP contribution in [-0.4, -0.2) is 25.2 Å². The summed E-state index contributed by atoms with van der Waals surface area (Å²) in [5.74, 6) is -0.572. The Bertz CT molecular complexity index is 661. The van der Waals surface area contributed by atoms with Crippen LogP contribution in [0.25, 0.3) is 11.3 Å². The van der Waals surface area contributed by atoms with Crippen LogP contribution in [0.5, 0.6) is 5.75 Å². The lowest BCUT2D eigenvalue weighted by molar-refractivity contribution is 0.0600. The molecule has 4 nitrogen and oxygen atoms in total. The molecule has 2 rings (SSSR count). The van der Waals surface area contributed by atoms with Gasteiger partial charge in [-0.15, -0.1) is 0 Å². The molecule has 2 aromatic rings. The van der Waals surface area contributed by atoms with Crippen molar-refractivity contribution in [2.75, 3.05) is 14.2 Å². The van der Waals surface area contributed by atoms with E-state index in [1.54, 1.807) is 12.1 Å². The average Bonchev–Trinajstić information content (AvgIpc) is 2.46. The summed E-state index contributed by atoms with van der Waals surface area (Å²) in [6, 6.07) is 7.42. The number of hydrogen-bond donors (Lipinski definition) is 0. The summed E-state index contributed by atoms with van der Waals surface area (Å²) in [4.78, 5) is 15.5. The fourth-order valence-corrected chi connectivity index (χ4v) is 2.18. The third kappa shape index (κ3) is 2.80. The van der Waals surface area contributed by atoms with Crippen LogP contribution in [0, 0.1) is 5.82 Å². The van der Waals surface area contributed by atoms with Crippen molar-refractivity contribution in [1.82, 2.24) is 4.98 Å². The third-order valence-corrected chi connectivity index (χ3v) is 3.27. The molecule has 6 heteroatoms. The molecule has 20 heavy (non-hydrogen) atoms. The van der Waals surface area contributed by atoms with Crippen molar-refractivity contribution in [3.05, 3.63) is 46.3 Å². The van der Waals surface area contributed by atoms with E-state index in [-0.39, 0.29) is 5.56 Å². The van der Waals surface area contributed by atoms with Gasteiger partial charge in [0.15, 0.2) is 5.75 Å². The van der Waals surface area contributed by atoms with E-state index in [9.17, 15) is 9.18 Å². The summed E-state index contributed by atoms with van der Waals surface area (Å²) in [5, 5.41) is 0. The number of rotatable bonds is 3. The van der Waals surface area contributed by atoms with E-state index in [0.29, 0.717) is 21.6 Å². The fourth-order valence-electron chi connectivity index (χ4n) is 1.69. The number of methoxy groups -OCH3 is 2. The minimum Gasteiger partial charge on any atom is -0.494 e. The number of carbonyl (C=O) groups is 1. The lowest BCUT2D eigenvalue weighted by Gasteiger charge is -2.07. The summed E-state index contributed by atoms with van der Waals surface area (Å²) >= 11 is 3.25. The standard InChI is InChI=1S/C14H11BrFNO3/c1-19-12-6-5-11(17-13(12)15)9-4-3-8(7-10(9)16)14(18)20-2/h3-7H,1-2H3. The number of ether oxygens (including phenoxy) is 2. The molecule has 0 unspecified atom stereocenters.